The largest absolute Gasteiger partial charge is 0.348 e. The van der Waals surface area contributed by atoms with Crippen molar-refractivity contribution in [3.8, 4) is 0 Å². The van der Waals surface area contributed by atoms with E-state index in [1.807, 2.05) is 12.1 Å². The summed E-state index contributed by atoms with van der Waals surface area (Å²) >= 11 is 0. The third kappa shape index (κ3) is 5.45. The fraction of sp³-hybridized carbons (Fsp3) is 0.192. The van der Waals surface area contributed by atoms with E-state index >= 15 is 0 Å². The minimum Gasteiger partial charge on any atom is -0.348 e. The van der Waals surface area contributed by atoms with Gasteiger partial charge in [-0.25, -0.2) is 8.42 Å². The van der Waals surface area contributed by atoms with E-state index in [4.69, 9.17) is 0 Å². The average molecular weight is 449 g/mol. The van der Waals surface area contributed by atoms with E-state index in [1.54, 1.807) is 54.6 Å². The van der Waals surface area contributed by atoms with Crippen molar-refractivity contribution in [2.24, 2.45) is 0 Å². The topological polar surface area (TPSA) is 66.5 Å². The van der Waals surface area contributed by atoms with E-state index in [1.165, 1.54) is 15.9 Å². The first-order chi connectivity index (χ1) is 15.3. The van der Waals surface area contributed by atoms with Gasteiger partial charge in [0.25, 0.3) is 15.9 Å². The van der Waals surface area contributed by atoms with Gasteiger partial charge in [-0.05, 0) is 53.4 Å². The van der Waals surface area contributed by atoms with Crippen LogP contribution in [0, 0.1) is 0 Å². The minimum atomic E-state index is -3.74. The van der Waals surface area contributed by atoms with Crippen LogP contribution in [-0.2, 0) is 16.6 Å². The predicted molar refractivity (Wildman–Crippen MR) is 129 cm³/mol. The Bertz CT molecular complexity index is 1150. The summed E-state index contributed by atoms with van der Waals surface area (Å²) in [5.74, 6) is 0.245. The number of nitrogens with zero attached hydrogens (tertiary/aromatic N) is 1. The second-order valence-corrected chi connectivity index (χ2v) is 9.63. The first-order valence-corrected chi connectivity index (χ1v) is 11.9. The Labute approximate surface area is 190 Å². The van der Waals surface area contributed by atoms with E-state index in [0.717, 1.165) is 5.56 Å². The van der Waals surface area contributed by atoms with Crippen LogP contribution < -0.4 is 9.62 Å². The molecule has 3 rings (SSSR count). The molecule has 0 fully saturated rings. The smallest absolute Gasteiger partial charge is 0.264 e. The van der Waals surface area contributed by atoms with Crippen LogP contribution in [0.4, 0.5) is 5.69 Å². The van der Waals surface area contributed by atoms with Crippen molar-refractivity contribution < 1.29 is 13.2 Å². The zero-order valence-electron chi connectivity index (χ0n) is 18.4. The number of nitrogens with one attached hydrogen (secondary N) is 1. The van der Waals surface area contributed by atoms with Crippen LogP contribution >= 0.6 is 0 Å². The van der Waals surface area contributed by atoms with Crippen molar-refractivity contribution >= 4 is 21.6 Å². The number of sulfonamides is 1. The van der Waals surface area contributed by atoms with Crippen LogP contribution in [0.1, 0.15) is 41.3 Å². The van der Waals surface area contributed by atoms with Gasteiger partial charge >= 0.3 is 0 Å². The molecule has 3 aromatic rings. The highest BCUT2D eigenvalue weighted by Gasteiger charge is 2.23. The fourth-order valence-corrected chi connectivity index (χ4v) is 4.72. The maximum atomic E-state index is 13.1. The third-order valence-electron chi connectivity index (χ3n) is 5.14. The van der Waals surface area contributed by atoms with Gasteiger partial charge in [0, 0.05) is 12.1 Å². The highest BCUT2D eigenvalue weighted by molar-refractivity contribution is 7.92. The molecule has 0 bridgehead atoms. The van der Waals surface area contributed by atoms with Gasteiger partial charge in [-0.2, -0.15) is 0 Å². The van der Waals surface area contributed by atoms with Crippen LogP contribution in [0.15, 0.2) is 96.4 Å². The first kappa shape index (κ1) is 23.3. The summed E-state index contributed by atoms with van der Waals surface area (Å²) in [4.78, 5) is 12.8. The lowest BCUT2D eigenvalue weighted by atomic mass is 10.0. The van der Waals surface area contributed by atoms with Crippen molar-refractivity contribution in [3.63, 3.8) is 0 Å². The molecular formula is C26H28N2O3S. The molecule has 1 amide bonds. The zero-order chi connectivity index (χ0) is 23.1. The first-order valence-electron chi connectivity index (χ1n) is 10.5. The number of hydrogen-bond acceptors (Lipinski definition) is 3. The lowest BCUT2D eigenvalue weighted by molar-refractivity contribution is 0.0951. The number of hydrogen-bond donors (Lipinski definition) is 1. The Kier molecular flexibility index (Phi) is 7.49. The lowest BCUT2D eigenvalue weighted by Gasteiger charge is -2.23. The summed E-state index contributed by atoms with van der Waals surface area (Å²) < 4.78 is 27.4. The number of carbonyl (C=O) groups excluding carboxylic acids is 1. The molecule has 0 unspecified atom stereocenters. The standard InChI is InChI=1S/C26H28N2O3S/c1-4-18-28(32(30,31)25-8-6-5-7-9-25)24-16-14-23(15-17-24)26(29)27-19-21-10-12-22(13-11-21)20(2)3/h4-17,20H,1,18-19H2,2-3H3,(H,27,29). The number of carbonyl (C=O) groups is 1. The maximum Gasteiger partial charge on any atom is 0.264 e. The van der Waals surface area contributed by atoms with Crippen molar-refractivity contribution in [3.05, 3.63) is 108 Å². The summed E-state index contributed by atoms with van der Waals surface area (Å²) in [6.07, 6.45) is 1.53. The van der Waals surface area contributed by atoms with Gasteiger partial charge in [-0.1, -0.05) is 62.4 Å². The molecule has 5 nitrogen and oxygen atoms in total. The van der Waals surface area contributed by atoms with Crippen LogP contribution in [0.5, 0.6) is 0 Å². The van der Waals surface area contributed by atoms with Gasteiger partial charge < -0.3 is 5.32 Å². The highest BCUT2D eigenvalue weighted by atomic mass is 32.2. The number of anilines is 1. The molecular weight excluding hydrogens is 420 g/mol. The zero-order valence-corrected chi connectivity index (χ0v) is 19.2. The molecule has 32 heavy (non-hydrogen) atoms. The molecule has 166 valence electrons. The van der Waals surface area contributed by atoms with Crippen molar-refractivity contribution in [2.45, 2.75) is 31.2 Å². The van der Waals surface area contributed by atoms with E-state index in [2.05, 4.69) is 37.9 Å². The fourth-order valence-electron chi connectivity index (χ4n) is 3.26. The van der Waals surface area contributed by atoms with Crippen molar-refractivity contribution in [2.75, 3.05) is 10.8 Å². The average Bonchev–Trinajstić information content (AvgIpc) is 2.82. The van der Waals surface area contributed by atoms with Gasteiger partial charge in [0.2, 0.25) is 0 Å². The molecule has 0 atom stereocenters. The van der Waals surface area contributed by atoms with E-state index in [-0.39, 0.29) is 17.3 Å². The number of benzene rings is 3. The van der Waals surface area contributed by atoms with Gasteiger partial charge in [0.1, 0.15) is 0 Å². The molecule has 0 saturated carbocycles. The van der Waals surface area contributed by atoms with Crippen molar-refractivity contribution in [1.29, 1.82) is 0 Å². The molecule has 0 aliphatic rings. The SMILES string of the molecule is C=CCN(c1ccc(C(=O)NCc2ccc(C(C)C)cc2)cc1)S(=O)(=O)c1ccccc1. The molecule has 0 spiro atoms. The summed E-state index contributed by atoms with van der Waals surface area (Å²) in [5.41, 5.74) is 3.20. The lowest BCUT2D eigenvalue weighted by Crippen LogP contribution is -2.31. The molecule has 0 radical (unpaired) electrons. The second-order valence-electron chi connectivity index (χ2n) is 7.76. The molecule has 6 heteroatoms. The third-order valence-corrected chi connectivity index (χ3v) is 6.95. The Balaban J connectivity index is 1.72. The van der Waals surface area contributed by atoms with Crippen LogP contribution in [0.25, 0.3) is 0 Å². The Hall–Kier alpha value is -3.38. The quantitative estimate of drug-likeness (QED) is 0.462. The van der Waals surface area contributed by atoms with E-state index < -0.39 is 10.0 Å². The summed E-state index contributed by atoms with van der Waals surface area (Å²) in [6, 6.07) is 22.9. The molecule has 1 N–H and O–H groups in total. The van der Waals surface area contributed by atoms with Crippen LogP contribution in [-0.4, -0.2) is 20.9 Å². The molecule has 3 aromatic carbocycles. The number of rotatable bonds is 9. The molecule has 0 aliphatic carbocycles. The normalized spacial score (nSPS) is 11.2. The van der Waals surface area contributed by atoms with Crippen LogP contribution in [0.3, 0.4) is 0 Å². The summed E-state index contributed by atoms with van der Waals surface area (Å²) in [6.45, 7) is 8.50. The Morgan fingerprint density at radius 3 is 2.16 bits per heavy atom. The Morgan fingerprint density at radius 2 is 1.59 bits per heavy atom. The predicted octanol–water partition coefficient (Wildman–Crippen LogP) is 5.12. The minimum absolute atomic E-state index is 0.120. The van der Waals surface area contributed by atoms with Crippen molar-refractivity contribution in [1.82, 2.24) is 5.32 Å². The van der Waals surface area contributed by atoms with Crippen LogP contribution in [0.2, 0.25) is 0 Å². The maximum absolute atomic E-state index is 13.1. The van der Waals surface area contributed by atoms with Gasteiger partial charge in [-0.3, -0.25) is 9.10 Å². The molecule has 0 aromatic heterocycles. The monoisotopic (exact) mass is 448 g/mol. The van der Waals surface area contributed by atoms with E-state index in [0.29, 0.717) is 23.7 Å². The Morgan fingerprint density at radius 1 is 0.969 bits per heavy atom. The summed E-state index contributed by atoms with van der Waals surface area (Å²) in [7, 11) is -3.74. The number of amides is 1. The van der Waals surface area contributed by atoms with Gasteiger partial charge in [0.15, 0.2) is 0 Å². The molecule has 0 aliphatic heterocycles. The molecule has 0 saturated heterocycles. The highest BCUT2D eigenvalue weighted by Crippen LogP contribution is 2.24. The molecule has 0 heterocycles. The van der Waals surface area contributed by atoms with Gasteiger partial charge in [-0.15, -0.1) is 6.58 Å². The summed E-state index contributed by atoms with van der Waals surface area (Å²) in [5, 5.41) is 2.91. The van der Waals surface area contributed by atoms with E-state index in [9.17, 15) is 13.2 Å². The second kappa shape index (κ2) is 10.3. The van der Waals surface area contributed by atoms with Gasteiger partial charge in [0.05, 0.1) is 17.1 Å².